The average molecular weight is 425 g/mol. The second-order valence-electron chi connectivity index (χ2n) is 8.94. The van der Waals surface area contributed by atoms with Crippen LogP contribution in [0.5, 0.6) is 5.88 Å². The van der Waals surface area contributed by atoms with Gasteiger partial charge in [-0.3, -0.25) is 0 Å². The fourth-order valence-electron chi connectivity index (χ4n) is 4.42. The first kappa shape index (κ1) is 20.5. The molecule has 2 aliphatic heterocycles. The molecule has 1 aliphatic carbocycles. The van der Waals surface area contributed by atoms with Gasteiger partial charge in [-0.2, -0.15) is 4.98 Å². The van der Waals surface area contributed by atoms with Crippen LogP contribution >= 0.6 is 0 Å². The maximum absolute atomic E-state index is 6.19. The van der Waals surface area contributed by atoms with Crippen molar-refractivity contribution in [2.75, 3.05) is 49.7 Å². The summed E-state index contributed by atoms with van der Waals surface area (Å²) < 4.78 is 16.9. The Kier molecular flexibility index (Phi) is 6.22. The van der Waals surface area contributed by atoms with Crippen molar-refractivity contribution in [3.8, 4) is 17.0 Å². The minimum atomic E-state index is 0.0599. The fraction of sp³-hybridized carbons (Fsp3) is 0.583. The van der Waals surface area contributed by atoms with Gasteiger partial charge in [0.05, 0.1) is 32.0 Å². The van der Waals surface area contributed by atoms with Crippen molar-refractivity contribution in [3.63, 3.8) is 0 Å². The van der Waals surface area contributed by atoms with Crippen molar-refractivity contribution >= 4 is 11.6 Å². The number of hydrogen-bond acceptors (Lipinski definition) is 7. The van der Waals surface area contributed by atoms with Gasteiger partial charge >= 0.3 is 0 Å². The molecule has 1 aromatic heterocycles. The highest BCUT2D eigenvalue weighted by molar-refractivity contribution is 5.70. The van der Waals surface area contributed by atoms with E-state index in [2.05, 4.69) is 46.4 Å². The quantitative estimate of drug-likeness (QED) is 0.757. The number of ether oxygens (including phenoxy) is 3. The van der Waals surface area contributed by atoms with Crippen molar-refractivity contribution in [3.05, 3.63) is 30.5 Å². The van der Waals surface area contributed by atoms with E-state index in [0.29, 0.717) is 31.1 Å². The van der Waals surface area contributed by atoms with Gasteiger partial charge in [0, 0.05) is 31.0 Å². The molecule has 1 saturated carbocycles. The molecule has 7 heteroatoms. The fourth-order valence-corrected chi connectivity index (χ4v) is 4.42. The van der Waals surface area contributed by atoms with E-state index >= 15 is 0 Å². The maximum Gasteiger partial charge on any atom is 0.226 e. The van der Waals surface area contributed by atoms with Crippen molar-refractivity contribution in [2.24, 2.45) is 5.92 Å². The Labute approximate surface area is 184 Å². The summed E-state index contributed by atoms with van der Waals surface area (Å²) in [6.45, 7) is 6.98. The van der Waals surface area contributed by atoms with E-state index in [9.17, 15) is 0 Å². The average Bonchev–Trinajstić information content (AvgIpc) is 2.79. The molecule has 3 aliphatic rings. The largest absolute Gasteiger partial charge is 0.469 e. The molecule has 0 radical (unpaired) electrons. The lowest BCUT2D eigenvalue weighted by Crippen LogP contribution is -2.39. The van der Waals surface area contributed by atoms with Crippen LogP contribution in [-0.4, -0.2) is 61.6 Å². The summed E-state index contributed by atoms with van der Waals surface area (Å²) in [4.78, 5) is 11.8. The van der Waals surface area contributed by atoms with Gasteiger partial charge in [-0.25, -0.2) is 4.98 Å². The summed E-state index contributed by atoms with van der Waals surface area (Å²) in [5.41, 5.74) is 3.20. The highest BCUT2D eigenvalue weighted by atomic mass is 16.6. The Morgan fingerprint density at radius 2 is 1.74 bits per heavy atom. The third-order valence-corrected chi connectivity index (χ3v) is 6.54. The minimum Gasteiger partial charge on any atom is -0.469 e. The number of aromatic nitrogens is 2. The van der Waals surface area contributed by atoms with Crippen molar-refractivity contribution < 1.29 is 14.2 Å². The Bertz CT molecular complexity index is 858. The smallest absolute Gasteiger partial charge is 0.226 e. The summed E-state index contributed by atoms with van der Waals surface area (Å²) >= 11 is 0. The zero-order chi connectivity index (χ0) is 21.0. The molecule has 0 amide bonds. The van der Waals surface area contributed by atoms with Crippen LogP contribution in [0.15, 0.2) is 30.5 Å². The van der Waals surface area contributed by atoms with Gasteiger partial charge in [0.25, 0.3) is 0 Å². The highest BCUT2D eigenvalue weighted by Gasteiger charge is 2.24. The van der Waals surface area contributed by atoms with Crippen LogP contribution in [-0.2, 0) is 9.47 Å². The van der Waals surface area contributed by atoms with Crippen molar-refractivity contribution in [1.82, 2.24) is 9.97 Å². The molecule has 31 heavy (non-hydrogen) atoms. The lowest BCUT2D eigenvalue weighted by Gasteiger charge is -2.29. The number of anilines is 2. The number of nitrogens with one attached hydrogen (secondary N) is 1. The van der Waals surface area contributed by atoms with Gasteiger partial charge < -0.3 is 24.4 Å². The van der Waals surface area contributed by atoms with Crippen LogP contribution < -0.4 is 15.0 Å². The molecule has 0 atom stereocenters. The Balaban J connectivity index is 1.35. The standard InChI is InChI=1S/C24H32N4O3/c1-17-2-6-19(7-3-17)26-24-25-14-22(23(27-24)31-21-15-30-16-21)18-4-8-20(9-5-18)28-10-12-29-13-11-28/h4-5,8-9,14,17,19,21H,2-3,6-7,10-13,15-16H2,1H3,(H,25,26,27). The number of rotatable bonds is 6. The van der Waals surface area contributed by atoms with E-state index in [0.717, 1.165) is 43.3 Å². The highest BCUT2D eigenvalue weighted by Crippen LogP contribution is 2.32. The van der Waals surface area contributed by atoms with E-state index in [1.54, 1.807) is 0 Å². The Hall–Kier alpha value is -2.38. The van der Waals surface area contributed by atoms with E-state index in [-0.39, 0.29) is 6.10 Å². The van der Waals surface area contributed by atoms with Crippen LogP contribution in [0, 0.1) is 5.92 Å². The monoisotopic (exact) mass is 424 g/mol. The van der Waals surface area contributed by atoms with Gasteiger partial charge in [0.15, 0.2) is 0 Å². The lowest BCUT2D eigenvalue weighted by molar-refractivity contribution is -0.0810. The first-order valence-electron chi connectivity index (χ1n) is 11.6. The van der Waals surface area contributed by atoms with E-state index < -0.39 is 0 Å². The van der Waals surface area contributed by atoms with Crippen LogP contribution in [0.4, 0.5) is 11.6 Å². The molecule has 5 rings (SSSR count). The van der Waals surface area contributed by atoms with Crippen molar-refractivity contribution in [1.29, 1.82) is 0 Å². The molecule has 1 N–H and O–H groups in total. The molecule has 166 valence electrons. The SMILES string of the molecule is CC1CCC(Nc2ncc(-c3ccc(N4CCOCC4)cc3)c(OC3COC3)n2)CC1. The summed E-state index contributed by atoms with van der Waals surface area (Å²) in [7, 11) is 0. The third-order valence-electron chi connectivity index (χ3n) is 6.54. The predicted octanol–water partition coefficient (Wildman–Crippen LogP) is 3.75. The van der Waals surface area contributed by atoms with Gasteiger partial charge in [-0.1, -0.05) is 19.1 Å². The molecular weight excluding hydrogens is 392 g/mol. The molecule has 7 nitrogen and oxygen atoms in total. The molecule has 3 heterocycles. The molecule has 0 bridgehead atoms. The molecule has 1 aromatic carbocycles. The number of nitrogens with zero attached hydrogens (tertiary/aromatic N) is 3. The first-order valence-corrected chi connectivity index (χ1v) is 11.6. The zero-order valence-corrected chi connectivity index (χ0v) is 18.3. The molecule has 2 saturated heterocycles. The molecule has 0 spiro atoms. The second kappa shape index (κ2) is 9.40. The third kappa shape index (κ3) is 4.93. The van der Waals surface area contributed by atoms with Crippen LogP contribution in [0.2, 0.25) is 0 Å². The Morgan fingerprint density at radius 1 is 1.00 bits per heavy atom. The van der Waals surface area contributed by atoms with E-state index in [4.69, 9.17) is 19.2 Å². The van der Waals surface area contributed by atoms with Crippen molar-refractivity contribution in [2.45, 2.75) is 44.8 Å². The van der Waals surface area contributed by atoms with Crippen LogP contribution in [0.3, 0.4) is 0 Å². The predicted molar refractivity (Wildman–Crippen MR) is 121 cm³/mol. The molecular formula is C24H32N4O3. The number of benzene rings is 1. The number of hydrogen-bond donors (Lipinski definition) is 1. The van der Waals surface area contributed by atoms with Gasteiger partial charge in [0.1, 0.15) is 6.10 Å². The van der Waals surface area contributed by atoms with Gasteiger partial charge in [-0.05, 0) is 49.3 Å². The van der Waals surface area contributed by atoms with Gasteiger partial charge in [0.2, 0.25) is 11.8 Å². The topological polar surface area (TPSA) is 68.7 Å². The minimum absolute atomic E-state index is 0.0599. The van der Waals surface area contributed by atoms with Crippen LogP contribution in [0.1, 0.15) is 32.6 Å². The first-order chi connectivity index (χ1) is 15.2. The zero-order valence-electron chi connectivity index (χ0n) is 18.3. The lowest BCUT2D eigenvalue weighted by atomic mass is 9.87. The van der Waals surface area contributed by atoms with Crippen LogP contribution in [0.25, 0.3) is 11.1 Å². The normalized spacial score (nSPS) is 24.5. The number of morpholine rings is 1. The summed E-state index contributed by atoms with van der Waals surface area (Å²) in [5, 5.41) is 3.53. The van der Waals surface area contributed by atoms with E-state index in [1.165, 1.54) is 31.4 Å². The summed E-state index contributed by atoms with van der Waals surface area (Å²) in [6, 6.07) is 9.01. The molecule has 2 aromatic rings. The second-order valence-corrected chi connectivity index (χ2v) is 8.94. The maximum atomic E-state index is 6.19. The molecule has 3 fully saturated rings. The summed E-state index contributed by atoms with van der Waals surface area (Å²) in [6.07, 6.45) is 6.80. The van der Waals surface area contributed by atoms with Gasteiger partial charge in [-0.15, -0.1) is 0 Å². The molecule has 0 unspecified atom stereocenters. The Morgan fingerprint density at radius 3 is 2.42 bits per heavy atom. The van der Waals surface area contributed by atoms with E-state index in [1.807, 2.05) is 6.20 Å². The summed E-state index contributed by atoms with van der Waals surface area (Å²) in [5.74, 6) is 2.11.